The molecule has 0 bridgehead atoms. The second-order valence-electron chi connectivity index (χ2n) is 9.91. The van der Waals surface area contributed by atoms with E-state index >= 15 is 0 Å². The zero-order valence-corrected chi connectivity index (χ0v) is 22.7. The van der Waals surface area contributed by atoms with Crippen LogP contribution in [0.25, 0.3) is 11.1 Å². The van der Waals surface area contributed by atoms with Crippen LogP contribution in [0, 0.1) is 5.41 Å². The van der Waals surface area contributed by atoms with Crippen LogP contribution in [0.1, 0.15) is 28.5 Å². The van der Waals surface area contributed by atoms with Gasteiger partial charge < -0.3 is 16.2 Å². The molecule has 1 aliphatic heterocycles. The highest BCUT2D eigenvalue weighted by Gasteiger charge is 2.36. The van der Waals surface area contributed by atoms with Crippen LogP contribution in [0.3, 0.4) is 0 Å². The molecular formula is C31H30N4O4S. The number of nitrogen functional groups attached to an aromatic ring is 1. The van der Waals surface area contributed by atoms with Gasteiger partial charge in [-0.05, 0) is 52.9 Å². The van der Waals surface area contributed by atoms with Gasteiger partial charge in [0.15, 0.2) is 9.84 Å². The lowest BCUT2D eigenvalue weighted by atomic mass is 9.92. The van der Waals surface area contributed by atoms with E-state index < -0.39 is 22.1 Å². The molecule has 0 fully saturated rings. The first kappa shape index (κ1) is 27.3. The number of nitrogens with zero attached hydrogens (tertiary/aromatic N) is 1. The second kappa shape index (κ2) is 11.1. The number of aliphatic hydroxyl groups excluding tert-OH is 1. The van der Waals surface area contributed by atoms with Gasteiger partial charge in [-0.15, -0.1) is 0 Å². The van der Waals surface area contributed by atoms with Gasteiger partial charge in [0.25, 0.3) is 0 Å². The minimum atomic E-state index is -3.41. The van der Waals surface area contributed by atoms with Gasteiger partial charge in [0.05, 0.1) is 10.9 Å². The van der Waals surface area contributed by atoms with Gasteiger partial charge in [0, 0.05) is 29.6 Å². The van der Waals surface area contributed by atoms with Crippen LogP contribution < -0.4 is 11.1 Å². The summed E-state index contributed by atoms with van der Waals surface area (Å²) >= 11 is 0. The van der Waals surface area contributed by atoms with Crippen molar-refractivity contribution in [2.24, 2.45) is 5.73 Å². The maximum atomic E-state index is 13.6. The summed E-state index contributed by atoms with van der Waals surface area (Å²) < 4.78 is 24.5. The Hall–Kier alpha value is -4.31. The molecule has 1 aliphatic rings. The largest absolute Gasteiger partial charge is 0.384 e. The topological polar surface area (TPSA) is 137 Å². The summed E-state index contributed by atoms with van der Waals surface area (Å²) in [6.45, 7) is 0.362. The number of sulfone groups is 1. The monoisotopic (exact) mass is 554 g/mol. The third-order valence-electron chi connectivity index (χ3n) is 7.15. The van der Waals surface area contributed by atoms with Crippen molar-refractivity contribution in [1.29, 1.82) is 5.41 Å². The van der Waals surface area contributed by atoms with Crippen LogP contribution in [0.5, 0.6) is 0 Å². The van der Waals surface area contributed by atoms with E-state index in [1.165, 1.54) is 6.26 Å². The lowest BCUT2D eigenvalue weighted by molar-refractivity contribution is -0.128. The molecule has 4 aromatic rings. The smallest absolute Gasteiger partial charge is 0.242 e. The fourth-order valence-electron chi connectivity index (χ4n) is 5.09. The van der Waals surface area contributed by atoms with Crippen molar-refractivity contribution in [1.82, 2.24) is 4.90 Å². The number of hydrogen-bond donors (Lipinski definition) is 4. The molecule has 8 nitrogen and oxygen atoms in total. The molecule has 1 heterocycles. The summed E-state index contributed by atoms with van der Waals surface area (Å²) in [5.74, 6) is -0.379. The maximum absolute atomic E-state index is 13.6. The van der Waals surface area contributed by atoms with Gasteiger partial charge in [-0.3, -0.25) is 15.1 Å². The van der Waals surface area contributed by atoms with Gasteiger partial charge in [-0.2, -0.15) is 0 Å². The van der Waals surface area contributed by atoms with Crippen LogP contribution in [-0.2, 0) is 27.6 Å². The Morgan fingerprint density at radius 2 is 1.65 bits per heavy atom. The Morgan fingerprint density at radius 1 is 0.975 bits per heavy atom. The first-order valence-electron chi connectivity index (χ1n) is 12.8. The number of benzene rings is 4. The molecule has 5 N–H and O–H groups in total. The Balaban J connectivity index is 1.41. The molecule has 4 aromatic carbocycles. The third kappa shape index (κ3) is 5.67. The molecule has 0 saturated carbocycles. The van der Waals surface area contributed by atoms with E-state index in [1.807, 2.05) is 24.3 Å². The molecule has 2 atom stereocenters. The number of nitrogens with one attached hydrogen (secondary N) is 2. The molecule has 0 aromatic heterocycles. The average Bonchev–Trinajstić information content (AvgIpc) is 2.96. The number of carbonyl (C=O) groups is 1. The highest BCUT2D eigenvalue weighted by atomic mass is 32.2. The Kier molecular flexibility index (Phi) is 7.53. The molecule has 5 rings (SSSR count). The Morgan fingerprint density at radius 3 is 2.35 bits per heavy atom. The predicted molar refractivity (Wildman–Crippen MR) is 156 cm³/mol. The van der Waals surface area contributed by atoms with Gasteiger partial charge >= 0.3 is 0 Å². The fraction of sp³-hybridized carbons (Fsp3) is 0.161. The summed E-state index contributed by atoms with van der Waals surface area (Å²) in [4.78, 5) is 15.6. The summed E-state index contributed by atoms with van der Waals surface area (Å²) in [7, 11) is -3.41. The van der Waals surface area contributed by atoms with Crippen molar-refractivity contribution in [3.05, 3.63) is 119 Å². The molecule has 0 spiro atoms. The standard InChI is InChI=1S/C31H30N4O4S/c1-40(38,39)28-12-5-4-11-26(28)20-13-15-25(16-14-20)34-30(36)27-18-21-7-2-3-8-24(21)19-35(27)31(37)23-10-6-9-22(17-23)29(32)33/h2-17,27,31,37H,18-19H2,1H3,(H3,32,33)(H,34,36). The number of hydrogen-bond acceptors (Lipinski definition) is 6. The van der Waals surface area contributed by atoms with Crippen molar-refractivity contribution in [3.63, 3.8) is 0 Å². The number of anilines is 1. The first-order valence-corrected chi connectivity index (χ1v) is 14.7. The van der Waals surface area contributed by atoms with E-state index in [1.54, 1.807) is 77.7 Å². The predicted octanol–water partition coefficient (Wildman–Crippen LogP) is 4.10. The zero-order chi connectivity index (χ0) is 28.4. The quantitative estimate of drug-likeness (QED) is 0.201. The minimum absolute atomic E-state index is 0.102. The molecule has 204 valence electrons. The Bertz CT molecular complexity index is 1690. The summed E-state index contributed by atoms with van der Waals surface area (Å²) in [5, 5.41) is 22.1. The summed E-state index contributed by atoms with van der Waals surface area (Å²) in [6.07, 6.45) is 0.489. The molecule has 0 aliphatic carbocycles. The highest BCUT2D eigenvalue weighted by molar-refractivity contribution is 7.90. The molecule has 0 saturated heterocycles. The van der Waals surface area contributed by atoms with Crippen molar-refractivity contribution in [2.75, 3.05) is 11.6 Å². The van der Waals surface area contributed by atoms with Crippen molar-refractivity contribution in [3.8, 4) is 11.1 Å². The SMILES string of the molecule is CS(=O)(=O)c1ccccc1-c1ccc(NC(=O)C2Cc3ccccc3CN2C(O)c2cccc(C(=N)N)c2)cc1. The van der Waals surface area contributed by atoms with E-state index in [0.717, 1.165) is 11.1 Å². The number of amidine groups is 1. The summed E-state index contributed by atoms with van der Waals surface area (Å²) in [5.41, 5.74) is 10.6. The molecule has 1 amide bonds. The number of fused-ring (bicyclic) bond motifs is 1. The number of carbonyl (C=O) groups excluding carboxylic acids is 1. The van der Waals surface area contributed by atoms with Crippen LogP contribution in [-0.4, -0.2) is 42.5 Å². The van der Waals surface area contributed by atoms with Crippen LogP contribution in [0.15, 0.2) is 102 Å². The molecule has 9 heteroatoms. The molecule has 40 heavy (non-hydrogen) atoms. The van der Waals surface area contributed by atoms with E-state index in [9.17, 15) is 18.3 Å². The van der Waals surface area contributed by atoms with Gasteiger partial charge in [-0.1, -0.05) is 72.8 Å². The Labute approximate surface area is 233 Å². The third-order valence-corrected chi connectivity index (χ3v) is 8.30. The van der Waals surface area contributed by atoms with Crippen molar-refractivity contribution >= 4 is 27.3 Å². The van der Waals surface area contributed by atoms with E-state index in [-0.39, 0.29) is 16.6 Å². The second-order valence-corrected chi connectivity index (χ2v) is 11.9. The number of aliphatic hydroxyl groups is 1. The molecular weight excluding hydrogens is 524 g/mol. The number of rotatable bonds is 7. The number of nitrogens with two attached hydrogens (primary N) is 1. The normalized spacial score (nSPS) is 16.1. The lowest BCUT2D eigenvalue weighted by Crippen LogP contribution is -2.49. The summed E-state index contributed by atoms with van der Waals surface area (Å²) in [6, 6.07) is 27.8. The first-order chi connectivity index (χ1) is 19.1. The zero-order valence-electron chi connectivity index (χ0n) is 21.9. The van der Waals surface area contributed by atoms with Crippen LogP contribution in [0.4, 0.5) is 5.69 Å². The van der Waals surface area contributed by atoms with Gasteiger partial charge in [0.2, 0.25) is 5.91 Å². The maximum Gasteiger partial charge on any atom is 0.242 e. The highest BCUT2D eigenvalue weighted by Crippen LogP contribution is 2.32. The van der Waals surface area contributed by atoms with E-state index in [0.29, 0.717) is 40.9 Å². The average molecular weight is 555 g/mol. The van der Waals surface area contributed by atoms with E-state index in [2.05, 4.69) is 5.32 Å². The van der Waals surface area contributed by atoms with Crippen LogP contribution >= 0.6 is 0 Å². The fourth-order valence-corrected chi connectivity index (χ4v) is 6.00. The minimum Gasteiger partial charge on any atom is -0.384 e. The number of amides is 1. The lowest BCUT2D eigenvalue weighted by Gasteiger charge is -2.39. The van der Waals surface area contributed by atoms with Crippen molar-refractivity contribution in [2.45, 2.75) is 30.1 Å². The molecule has 2 unspecified atom stereocenters. The van der Waals surface area contributed by atoms with Crippen molar-refractivity contribution < 1.29 is 18.3 Å². The van der Waals surface area contributed by atoms with Crippen LogP contribution in [0.2, 0.25) is 0 Å². The van der Waals surface area contributed by atoms with Gasteiger partial charge in [0.1, 0.15) is 12.1 Å². The molecule has 0 radical (unpaired) electrons. The van der Waals surface area contributed by atoms with Gasteiger partial charge in [-0.25, -0.2) is 8.42 Å². The van der Waals surface area contributed by atoms with E-state index in [4.69, 9.17) is 11.1 Å².